The van der Waals surface area contributed by atoms with Crippen molar-refractivity contribution in [3.63, 3.8) is 0 Å². The number of hydrogen-bond acceptors (Lipinski definition) is 4. The Balaban J connectivity index is 1.70. The predicted octanol–water partition coefficient (Wildman–Crippen LogP) is 4.60. The number of nitrogens with one attached hydrogen (secondary N) is 2. The Morgan fingerprint density at radius 2 is 1.88 bits per heavy atom. The van der Waals surface area contributed by atoms with Crippen LogP contribution < -0.4 is 10.6 Å². The van der Waals surface area contributed by atoms with Crippen molar-refractivity contribution in [3.8, 4) is 11.1 Å². The first-order valence-corrected chi connectivity index (χ1v) is 11.8. The molecular formula is C27H32F2N2O3. The van der Waals surface area contributed by atoms with Gasteiger partial charge in [-0.2, -0.15) is 0 Å². The average molecular weight is 471 g/mol. The van der Waals surface area contributed by atoms with E-state index in [4.69, 9.17) is 4.74 Å². The van der Waals surface area contributed by atoms with Gasteiger partial charge in [-0.25, -0.2) is 8.78 Å². The Morgan fingerprint density at radius 1 is 1.21 bits per heavy atom. The lowest BCUT2D eigenvalue weighted by Crippen LogP contribution is -2.46. The molecule has 1 aliphatic carbocycles. The van der Waals surface area contributed by atoms with Gasteiger partial charge in [-0.05, 0) is 79.0 Å². The fraction of sp³-hybridized carbons (Fsp3) is 0.481. The molecule has 34 heavy (non-hydrogen) atoms. The van der Waals surface area contributed by atoms with E-state index in [1.807, 2.05) is 32.0 Å². The van der Waals surface area contributed by atoms with Crippen LogP contribution in [0.1, 0.15) is 49.9 Å². The molecule has 182 valence electrons. The molecule has 0 bridgehead atoms. The number of benzene rings is 2. The Morgan fingerprint density at radius 3 is 2.47 bits per heavy atom. The number of halogens is 2. The van der Waals surface area contributed by atoms with Crippen molar-refractivity contribution in [3.05, 3.63) is 58.7 Å². The molecule has 0 aromatic heterocycles. The molecule has 2 aromatic rings. The first-order valence-electron chi connectivity index (χ1n) is 11.8. The molecule has 4 rings (SSSR count). The maximum atomic E-state index is 15.1. The van der Waals surface area contributed by atoms with Gasteiger partial charge in [-0.3, -0.25) is 9.59 Å². The van der Waals surface area contributed by atoms with Crippen LogP contribution in [0.15, 0.2) is 30.3 Å². The zero-order valence-electron chi connectivity index (χ0n) is 20.3. The molecule has 1 aliphatic heterocycles. The van der Waals surface area contributed by atoms with Crippen molar-refractivity contribution in [2.45, 2.75) is 53.1 Å². The molecule has 2 aliphatic rings. The van der Waals surface area contributed by atoms with Crippen molar-refractivity contribution in [1.82, 2.24) is 10.6 Å². The molecule has 2 N–H and O–H groups in total. The highest BCUT2D eigenvalue weighted by molar-refractivity contribution is 5.85. The van der Waals surface area contributed by atoms with E-state index < -0.39 is 29.7 Å². The number of piperidine rings is 1. The van der Waals surface area contributed by atoms with Crippen LogP contribution in [0.3, 0.4) is 0 Å². The van der Waals surface area contributed by atoms with E-state index in [2.05, 4.69) is 24.5 Å². The molecule has 2 aromatic carbocycles. The van der Waals surface area contributed by atoms with E-state index >= 15 is 4.39 Å². The van der Waals surface area contributed by atoms with E-state index in [0.29, 0.717) is 11.5 Å². The Hall–Kier alpha value is -2.80. The molecule has 0 spiro atoms. The van der Waals surface area contributed by atoms with Crippen LogP contribution >= 0.6 is 0 Å². The van der Waals surface area contributed by atoms with Crippen LogP contribution in [-0.4, -0.2) is 31.1 Å². The number of amides is 1. The minimum Gasteiger partial charge on any atom is -0.466 e. The second kappa shape index (κ2) is 9.10. The smallest absolute Gasteiger partial charge is 0.308 e. The number of fused-ring (bicyclic) bond motifs is 1. The number of esters is 1. The second-order valence-electron chi connectivity index (χ2n) is 10.0. The number of hydrogen-bond donors (Lipinski definition) is 2. The van der Waals surface area contributed by atoms with Crippen LogP contribution in [0.25, 0.3) is 11.1 Å². The van der Waals surface area contributed by atoms with E-state index in [1.165, 1.54) is 6.07 Å². The van der Waals surface area contributed by atoms with E-state index in [0.717, 1.165) is 29.3 Å². The SMILES string of the molecule is CCOC(=O)CC(NC(=O)[C@H]1NCC2C1C2(C)C)c1cc(-c2c(C)cccc2C)cc(F)c1F. The first kappa shape index (κ1) is 24.3. The maximum Gasteiger partial charge on any atom is 0.308 e. The summed E-state index contributed by atoms with van der Waals surface area (Å²) in [5.41, 5.74) is 3.12. The third-order valence-electron chi connectivity index (χ3n) is 7.53. The number of carbonyl (C=O) groups is 2. The summed E-state index contributed by atoms with van der Waals surface area (Å²) < 4.78 is 35.0. The zero-order chi connectivity index (χ0) is 24.8. The van der Waals surface area contributed by atoms with Crippen LogP contribution in [-0.2, 0) is 14.3 Å². The minimum atomic E-state index is -1.08. The monoisotopic (exact) mass is 470 g/mol. The molecule has 4 atom stereocenters. The van der Waals surface area contributed by atoms with Crippen LogP contribution in [0.4, 0.5) is 8.78 Å². The molecule has 1 saturated carbocycles. The summed E-state index contributed by atoms with van der Waals surface area (Å²) in [6.45, 7) is 10.6. The van der Waals surface area contributed by atoms with Gasteiger partial charge in [0.15, 0.2) is 11.6 Å². The molecule has 1 amide bonds. The topological polar surface area (TPSA) is 67.4 Å². The van der Waals surface area contributed by atoms with Gasteiger partial charge in [0.05, 0.1) is 25.1 Å². The van der Waals surface area contributed by atoms with E-state index in [9.17, 15) is 14.0 Å². The van der Waals surface area contributed by atoms with Gasteiger partial charge in [0, 0.05) is 5.56 Å². The normalized spacial score (nSPS) is 23.2. The van der Waals surface area contributed by atoms with Gasteiger partial charge in [0.1, 0.15) is 0 Å². The van der Waals surface area contributed by atoms with E-state index in [-0.39, 0.29) is 35.8 Å². The molecule has 1 heterocycles. The fourth-order valence-corrected chi connectivity index (χ4v) is 5.64. The number of carbonyl (C=O) groups excluding carboxylic acids is 2. The number of rotatable bonds is 7. The summed E-state index contributed by atoms with van der Waals surface area (Å²) in [4.78, 5) is 25.6. The Kier molecular flexibility index (Phi) is 6.51. The molecule has 2 fully saturated rings. The third-order valence-corrected chi connectivity index (χ3v) is 7.53. The van der Waals surface area contributed by atoms with Gasteiger partial charge >= 0.3 is 5.97 Å². The summed E-state index contributed by atoms with van der Waals surface area (Å²) in [6, 6.07) is 6.91. The third kappa shape index (κ3) is 4.33. The molecule has 0 radical (unpaired) electrons. The van der Waals surface area contributed by atoms with Crippen LogP contribution in [0.5, 0.6) is 0 Å². The summed E-state index contributed by atoms with van der Waals surface area (Å²) in [6.07, 6.45) is -0.295. The highest BCUT2D eigenvalue weighted by atomic mass is 19.2. The highest BCUT2D eigenvalue weighted by Gasteiger charge is 2.65. The van der Waals surface area contributed by atoms with Crippen molar-refractivity contribution in [2.24, 2.45) is 17.3 Å². The van der Waals surface area contributed by atoms with Crippen molar-refractivity contribution in [1.29, 1.82) is 0 Å². The largest absolute Gasteiger partial charge is 0.466 e. The van der Waals surface area contributed by atoms with Crippen molar-refractivity contribution < 1.29 is 23.1 Å². The second-order valence-corrected chi connectivity index (χ2v) is 10.0. The van der Waals surface area contributed by atoms with Crippen molar-refractivity contribution >= 4 is 11.9 Å². The van der Waals surface area contributed by atoms with Gasteiger partial charge < -0.3 is 15.4 Å². The zero-order valence-corrected chi connectivity index (χ0v) is 20.3. The minimum absolute atomic E-state index is 0.0591. The standard InChI is InChI=1S/C27H32F2N2O3/c1-6-34-21(32)12-20(31-26(33)25-23-18(13-30-25)27(23,4)5)17-10-16(11-19(28)24(17)29)22-14(2)8-7-9-15(22)3/h7-11,18,20,23,25,30H,6,12-13H2,1-5H3,(H,31,33)/t18?,20?,23?,25-/m0/s1. The van der Waals surface area contributed by atoms with Crippen molar-refractivity contribution in [2.75, 3.05) is 13.2 Å². The summed E-state index contributed by atoms with van der Waals surface area (Å²) >= 11 is 0. The number of aryl methyl sites for hydroxylation is 2. The lowest BCUT2D eigenvalue weighted by Gasteiger charge is -2.24. The molecular weight excluding hydrogens is 438 g/mol. The predicted molar refractivity (Wildman–Crippen MR) is 126 cm³/mol. The molecule has 1 saturated heterocycles. The average Bonchev–Trinajstić information content (AvgIpc) is 3.10. The van der Waals surface area contributed by atoms with Gasteiger partial charge in [-0.15, -0.1) is 0 Å². The molecule has 5 nitrogen and oxygen atoms in total. The summed E-state index contributed by atoms with van der Waals surface area (Å²) in [5.74, 6) is -2.42. The summed E-state index contributed by atoms with van der Waals surface area (Å²) in [7, 11) is 0. The Bertz CT molecular complexity index is 1110. The lowest BCUT2D eigenvalue weighted by molar-refractivity contribution is -0.143. The maximum absolute atomic E-state index is 15.1. The van der Waals surface area contributed by atoms with Crippen LogP contribution in [0.2, 0.25) is 0 Å². The summed E-state index contributed by atoms with van der Waals surface area (Å²) in [5, 5.41) is 6.06. The number of ether oxygens (including phenoxy) is 1. The first-order chi connectivity index (χ1) is 16.1. The van der Waals surface area contributed by atoms with Gasteiger partial charge in [0.2, 0.25) is 5.91 Å². The lowest BCUT2D eigenvalue weighted by atomic mass is 9.92. The molecule has 3 unspecified atom stereocenters. The Labute approximate surface area is 199 Å². The van der Waals surface area contributed by atoms with Gasteiger partial charge in [0.25, 0.3) is 0 Å². The fourth-order valence-electron chi connectivity index (χ4n) is 5.64. The van der Waals surface area contributed by atoms with Gasteiger partial charge in [-0.1, -0.05) is 32.0 Å². The van der Waals surface area contributed by atoms with E-state index in [1.54, 1.807) is 6.92 Å². The van der Waals surface area contributed by atoms with Crippen LogP contribution in [0, 0.1) is 42.7 Å². The highest BCUT2D eigenvalue weighted by Crippen LogP contribution is 2.62. The molecule has 7 heteroatoms. The quantitative estimate of drug-likeness (QED) is 0.581.